The second-order valence-corrected chi connectivity index (χ2v) is 8.23. The zero-order chi connectivity index (χ0) is 16.9. The fourth-order valence-corrected chi connectivity index (χ4v) is 3.76. The number of hydrogen-bond acceptors (Lipinski definition) is 6. The first-order valence-electron chi connectivity index (χ1n) is 7.01. The fraction of sp³-hybridized carbons (Fsp3) is 0.643. The number of fused-ring (bicyclic) bond motifs is 1. The molecule has 0 aromatic heterocycles. The molecule has 0 amide bonds. The number of rotatable bonds is 4. The van der Waals surface area contributed by atoms with Gasteiger partial charge in [-0.15, -0.1) is 0 Å². The molecule has 6 nitrogen and oxygen atoms in total. The lowest BCUT2D eigenvalue weighted by Crippen LogP contribution is -2.35. The number of halogens is 3. The van der Waals surface area contributed by atoms with E-state index in [0.717, 1.165) is 6.42 Å². The monoisotopic (exact) mass is 382 g/mol. The molecule has 3 rings (SSSR count). The van der Waals surface area contributed by atoms with Crippen molar-refractivity contribution in [3.8, 4) is 0 Å². The second kappa shape index (κ2) is 5.83. The molecule has 0 radical (unpaired) electrons. The molecule has 3 aliphatic rings. The average Bonchev–Trinajstić information content (AvgIpc) is 3.05. The van der Waals surface area contributed by atoms with Gasteiger partial charge in [0.25, 0.3) is 3.79 Å². The summed E-state index contributed by atoms with van der Waals surface area (Å²) in [5.74, 6) is -2.33. The third-order valence-electron chi connectivity index (χ3n) is 4.55. The van der Waals surface area contributed by atoms with Crippen LogP contribution in [0, 0.1) is 17.8 Å². The maximum absolute atomic E-state index is 12.1. The van der Waals surface area contributed by atoms with Crippen LogP contribution in [0.5, 0.6) is 0 Å². The number of ether oxygens (including phenoxy) is 3. The Kier molecular flexibility index (Phi) is 4.27. The van der Waals surface area contributed by atoms with E-state index in [1.54, 1.807) is 0 Å². The minimum Gasteiger partial charge on any atom is -0.462 e. The molecule has 9 heteroatoms. The molecule has 1 heterocycles. The van der Waals surface area contributed by atoms with E-state index >= 15 is 0 Å². The molecular formula is C14H13Cl3O6. The van der Waals surface area contributed by atoms with Gasteiger partial charge < -0.3 is 14.2 Å². The Morgan fingerprint density at radius 2 is 2.00 bits per heavy atom. The summed E-state index contributed by atoms with van der Waals surface area (Å²) < 4.78 is 13.1. The Balaban J connectivity index is 1.55. The summed E-state index contributed by atoms with van der Waals surface area (Å²) in [6.45, 7) is 3.04. The SMILES string of the molecule is C=C(COC(=O)C(Cl)(Cl)Cl)C(=O)OC1C2CC3OC(=O)C1C3C2. The zero-order valence-corrected chi connectivity index (χ0v) is 14.1. The van der Waals surface area contributed by atoms with Crippen LogP contribution >= 0.6 is 34.8 Å². The van der Waals surface area contributed by atoms with Crippen molar-refractivity contribution in [1.29, 1.82) is 0 Å². The summed E-state index contributed by atoms with van der Waals surface area (Å²) in [5.41, 5.74) is -0.0988. The standard InChI is InChI=1S/C14H13Cl3O6/c1-5(4-21-13(20)14(15,16)17)11(18)23-10-6-2-7-8(3-6)22-12(19)9(7)10/h6-10H,1-4H2. The Hall–Kier alpha value is -0.980. The molecule has 3 fully saturated rings. The molecule has 23 heavy (non-hydrogen) atoms. The number of carbonyl (C=O) groups excluding carboxylic acids is 3. The molecule has 0 N–H and O–H groups in total. The highest BCUT2D eigenvalue weighted by Gasteiger charge is 2.63. The Labute approximate surface area is 147 Å². The molecular weight excluding hydrogens is 371 g/mol. The molecule has 0 spiro atoms. The van der Waals surface area contributed by atoms with E-state index in [0.29, 0.717) is 6.42 Å². The summed E-state index contributed by atoms with van der Waals surface area (Å²) in [4.78, 5) is 35.2. The van der Waals surface area contributed by atoms with Gasteiger partial charge in [0.2, 0.25) is 0 Å². The van der Waals surface area contributed by atoms with Gasteiger partial charge >= 0.3 is 17.9 Å². The summed E-state index contributed by atoms with van der Waals surface area (Å²) in [6, 6.07) is 0. The third kappa shape index (κ3) is 3.04. The highest BCUT2D eigenvalue weighted by Crippen LogP contribution is 2.55. The van der Waals surface area contributed by atoms with Crippen LogP contribution in [0.3, 0.4) is 0 Å². The Morgan fingerprint density at radius 1 is 1.30 bits per heavy atom. The molecule has 2 saturated carbocycles. The minimum atomic E-state index is -2.22. The normalized spacial score (nSPS) is 34.2. The third-order valence-corrected chi connectivity index (χ3v) is 5.01. The van der Waals surface area contributed by atoms with Gasteiger partial charge in [-0.05, 0) is 12.8 Å². The first kappa shape index (κ1) is 16.9. The van der Waals surface area contributed by atoms with Crippen molar-refractivity contribution in [2.45, 2.75) is 28.8 Å². The van der Waals surface area contributed by atoms with Crippen LogP contribution in [-0.2, 0) is 28.6 Å². The maximum Gasteiger partial charge on any atom is 0.358 e. The summed E-state index contributed by atoms with van der Waals surface area (Å²) >= 11 is 16.0. The number of carbonyl (C=O) groups is 3. The number of alkyl halides is 3. The molecule has 5 atom stereocenters. The van der Waals surface area contributed by atoms with Crippen LogP contribution in [0.25, 0.3) is 0 Å². The van der Waals surface area contributed by atoms with E-state index in [2.05, 4.69) is 11.3 Å². The van der Waals surface area contributed by atoms with Crippen molar-refractivity contribution in [1.82, 2.24) is 0 Å². The summed E-state index contributed by atoms with van der Waals surface area (Å²) in [5, 5.41) is 0. The van der Waals surface area contributed by atoms with E-state index in [4.69, 9.17) is 44.3 Å². The van der Waals surface area contributed by atoms with E-state index < -0.39 is 34.4 Å². The molecule has 1 aliphatic heterocycles. The van der Waals surface area contributed by atoms with Gasteiger partial charge in [0.1, 0.15) is 24.7 Å². The zero-order valence-electron chi connectivity index (χ0n) is 11.8. The van der Waals surface area contributed by atoms with Gasteiger partial charge in [-0.2, -0.15) is 0 Å². The van der Waals surface area contributed by atoms with E-state index in [1.807, 2.05) is 0 Å². The van der Waals surface area contributed by atoms with Crippen molar-refractivity contribution in [2.24, 2.45) is 17.8 Å². The number of hydrogen-bond donors (Lipinski definition) is 0. The predicted octanol–water partition coefficient (Wildman–Crippen LogP) is 1.95. The van der Waals surface area contributed by atoms with Crippen LogP contribution in [0.15, 0.2) is 12.2 Å². The van der Waals surface area contributed by atoms with Gasteiger partial charge in [-0.25, -0.2) is 9.59 Å². The largest absolute Gasteiger partial charge is 0.462 e. The van der Waals surface area contributed by atoms with Crippen molar-refractivity contribution < 1.29 is 28.6 Å². The van der Waals surface area contributed by atoms with E-state index in [1.165, 1.54) is 0 Å². The lowest BCUT2D eigenvalue weighted by molar-refractivity contribution is -0.153. The molecule has 126 valence electrons. The molecule has 1 saturated heterocycles. The minimum absolute atomic E-state index is 0.0408. The maximum atomic E-state index is 12.1. The van der Waals surface area contributed by atoms with Gasteiger partial charge in [-0.1, -0.05) is 41.4 Å². The second-order valence-electron chi connectivity index (χ2n) is 5.94. The molecule has 5 unspecified atom stereocenters. The highest BCUT2D eigenvalue weighted by atomic mass is 35.6. The van der Waals surface area contributed by atoms with E-state index in [9.17, 15) is 14.4 Å². The van der Waals surface area contributed by atoms with Crippen LogP contribution in [0.2, 0.25) is 0 Å². The van der Waals surface area contributed by atoms with E-state index in [-0.39, 0.29) is 29.5 Å². The Morgan fingerprint density at radius 3 is 2.65 bits per heavy atom. The number of esters is 3. The fourth-order valence-electron chi connectivity index (χ4n) is 3.60. The molecule has 2 aliphatic carbocycles. The lowest BCUT2D eigenvalue weighted by atomic mass is 9.87. The molecule has 0 aromatic carbocycles. The highest BCUT2D eigenvalue weighted by molar-refractivity contribution is 6.75. The average molecular weight is 384 g/mol. The van der Waals surface area contributed by atoms with Crippen molar-refractivity contribution >= 4 is 52.7 Å². The topological polar surface area (TPSA) is 78.9 Å². The first-order valence-corrected chi connectivity index (χ1v) is 8.15. The van der Waals surface area contributed by atoms with Crippen molar-refractivity contribution in [3.05, 3.63) is 12.2 Å². The van der Waals surface area contributed by atoms with Crippen LogP contribution < -0.4 is 0 Å². The van der Waals surface area contributed by atoms with Crippen molar-refractivity contribution in [3.63, 3.8) is 0 Å². The van der Waals surface area contributed by atoms with Gasteiger partial charge in [-0.3, -0.25) is 4.79 Å². The van der Waals surface area contributed by atoms with Crippen LogP contribution in [0.4, 0.5) is 0 Å². The predicted molar refractivity (Wildman–Crippen MR) is 79.9 cm³/mol. The van der Waals surface area contributed by atoms with Crippen molar-refractivity contribution in [2.75, 3.05) is 6.61 Å². The lowest BCUT2D eigenvalue weighted by Gasteiger charge is -2.24. The van der Waals surface area contributed by atoms with Crippen LogP contribution in [-0.4, -0.2) is 40.5 Å². The molecule has 0 aromatic rings. The van der Waals surface area contributed by atoms with Gasteiger partial charge in [0, 0.05) is 11.8 Å². The van der Waals surface area contributed by atoms with Gasteiger partial charge in [0.15, 0.2) is 0 Å². The van der Waals surface area contributed by atoms with Gasteiger partial charge in [0.05, 0.1) is 5.57 Å². The van der Waals surface area contributed by atoms with Crippen LogP contribution in [0.1, 0.15) is 12.8 Å². The molecule has 2 bridgehead atoms. The smallest absolute Gasteiger partial charge is 0.358 e. The summed E-state index contributed by atoms with van der Waals surface area (Å²) in [7, 11) is 0. The quantitative estimate of drug-likeness (QED) is 0.319. The first-order chi connectivity index (χ1) is 10.7. The Bertz CT molecular complexity index is 582. The summed E-state index contributed by atoms with van der Waals surface area (Å²) in [6.07, 6.45) is 0.966.